The van der Waals surface area contributed by atoms with Crippen molar-refractivity contribution < 1.29 is 19.0 Å². The van der Waals surface area contributed by atoms with Crippen LogP contribution in [0, 0.1) is 5.92 Å². The van der Waals surface area contributed by atoms with E-state index in [0.717, 1.165) is 56.4 Å². The van der Waals surface area contributed by atoms with Gasteiger partial charge in [-0.1, -0.05) is 25.7 Å². The smallest absolute Gasteiger partial charge is 0.222 e. The number of methoxy groups -OCH3 is 3. The van der Waals surface area contributed by atoms with Crippen LogP contribution in [0.3, 0.4) is 0 Å². The molecule has 1 amide bonds. The Morgan fingerprint density at radius 1 is 0.929 bits per heavy atom. The van der Waals surface area contributed by atoms with E-state index in [1.54, 1.807) is 21.3 Å². The molecule has 1 aliphatic carbocycles. The number of amides is 1. The number of nitrogens with zero attached hydrogens (tertiary/aromatic N) is 2. The van der Waals surface area contributed by atoms with Crippen molar-refractivity contribution in [3.05, 3.63) is 17.7 Å². The van der Waals surface area contributed by atoms with Gasteiger partial charge in [-0.05, 0) is 18.4 Å². The normalized spacial score (nSPS) is 18.3. The molecular weight excluding hydrogens is 356 g/mol. The molecule has 0 unspecified atom stereocenters. The van der Waals surface area contributed by atoms with Gasteiger partial charge in [0.1, 0.15) is 5.75 Å². The van der Waals surface area contributed by atoms with Gasteiger partial charge in [0.05, 0.1) is 21.3 Å². The van der Waals surface area contributed by atoms with Crippen LogP contribution in [0.5, 0.6) is 17.2 Å². The number of piperazine rings is 1. The van der Waals surface area contributed by atoms with Gasteiger partial charge < -0.3 is 19.1 Å². The maximum Gasteiger partial charge on any atom is 0.222 e. The summed E-state index contributed by atoms with van der Waals surface area (Å²) in [5, 5.41) is 0. The van der Waals surface area contributed by atoms with Gasteiger partial charge in [-0.3, -0.25) is 9.69 Å². The van der Waals surface area contributed by atoms with Gasteiger partial charge in [0.15, 0.2) is 11.5 Å². The Morgan fingerprint density at radius 2 is 1.54 bits per heavy atom. The zero-order valence-electron chi connectivity index (χ0n) is 17.5. The van der Waals surface area contributed by atoms with E-state index < -0.39 is 0 Å². The number of carbonyl (C=O) groups excluding carboxylic acids is 1. The fourth-order valence-electron chi connectivity index (χ4n) is 4.40. The van der Waals surface area contributed by atoms with E-state index >= 15 is 0 Å². The molecule has 156 valence electrons. The first kappa shape index (κ1) is 20.8. The van der Waals surface area contributed by atoms with E-state index in [1.165, 1.54) is 25.7 Å². The van der Waals surface area contributed by atoms with Crippen LogP contribution in [0.25, 0.3) is 0 Å². The first-order chi connectivity index (χ1) is 13.6. The molecule has 6 nitrogen and oxygen atoms in total. The van der Waals surface area contributed by atoms with E-state index in [4.69, 9.17) is 14.2 Å². The lowest BCUT2D eigenvalue weighted by molar-refractivity contribution is -0.133. The van der Waals surface area contributed by atoms with Crippen molar-refractivity contribution in [2.75, 3.05) is 47.5 Å². The van der Waals surface area contributed by atoms with Gasteiger partial charge in [-0.25, -0.2) is 0 Å². The second-order valence-corrected chi connectivity index (χ2v) is 7.87. The molecule has 0 aromatic heterocycles. The Morgan fingerprint density at radius 3 is 2.14 bits per heavy atom. The molecule has 1 heterocycles. The SMILES string of the molecule is COc1cc(OC)c(OC)cc1CN1CCN(C(=O)CCC2CCCC2)CC1. The van der Waals surface area contributed by atoms with Crippen LogP contribution in [0.1, 0.15) is 44.1 Å². The molecule has 0 N–H and O–H groups in total. The zero-order chi connectivity index (χ0) is 19.9. The lowest BCUT2D eigenvalue weighted by Gasteiger charge is -2.35. The molecule has 0 bridgehead atoms. The summed E-state index contributed by atoms with van der Waals surface area (Å²) in [6.07, 6.45) is 7.10. The summed E-state index contributed by atoms with van der Waals surface area (Å²) in [5.74, 6) is 3.28. The lowest BCUT2D eigenvalue weighted by atomic mass is 10.0. The topological polar surface area (TPSA) is 51.2 Å². The van der Waals surface area contributed by atoms with Crippen molar-refractivity contribution >= 4 is 5.91 Å². The lowest BCUT2D eigenvalue weighted by Crippen LogP contribution is -2.48. The van der Waals surface area contributed by atoms with Crippen molar-refractivity contribution in [3.63, 3.8) is 0 Å². The van der Waals surface area contributed by atoms with Crippen LogP contribution in [-0.4, -0.2) is 63.2 Å². The Kier molecular flexibility index (Phi) is 7.43. The van der Waals surface area contributed by atoms with Crippen molar-refractivity contribution in [2.24, 2.45) is 5.92 Å². The standard InChI is InChI=1S/C22H34N2O4/c1-26-19-15-21(28-3)20(27-2)14-18(19)16-23-10-12-24(13-11-23)22(25)9-8-17-6-4-5-7-17/h14-15,17H,4-13,16H2,1-3H3. The van der Waals surface area contributed by atoms with Crippen molar-refractivity contribution in [1.82, 2.24) is 9.80 Å². The maximum absolute atomic E-state index is 12.5. The average Bonchev–Trinajstić information content (AvgIpc) is 3.25. The minimum atomic E-state index is 0.329. The van der Waals surface area contributed by atoms with Gasteiger partial charge in [-0.2, -0.15) is 0 Å². The third kappa shape index (κ3) is 5.10. The van der Waals surface area contributed by atoms with Gasteiger partial charge >= 0.3 is 0 Å². The number of ether oxygens (including phenoxy) is 3. The molecule has 1 saturated carbocycles. The van der Waals surface area contributed by atoms with Crippen molar-refractivity contribution in [1.29, 1.82) is 0 Å². The van der Waals surface area contributed by atoms with Gasteiger partial charge in [0.2, 0.25) is 5.91 Å². The molecule has 0 atom stereocenters. The molecule has 1 saturated heterocycles. The van der Waals surface area contributed by atoms with Gasteiger partial charge in [0, 0.05) is 50.8 Å². The molecule has 6 heteroatoms. The quantitative estimate of drug-likeness (QED) is 0.682. The highest BCUT2D eigenvalue weighted by atomic mass is 16.5. The van der Waals surface area contributed by atoms with Crippen LogP contribution in [0.4, 0.5) is 0 Å². The number of hydrogen-bond donors (Lipinski definition) is 0. The van der Waals surface area contributed by atoms with Crippen LogP contribution >= 0.6 is 0 Å². The van der Waals surface area contributed by atoms with Crippen LogP contribution in [-0.2, 0) is 11.3 Å². The molecule has 2 aliphatic rings. The number of benzene rings is 1. The van der Waals surface area contributed by atoms with E-state index in [-0.39, 0.29) is 0 Å². The summed E-state index contributed by atoms with van der Waals surface area (Å²) >= 11 is 0. The molecule has 0 spiro atoms. The Hall–Kier alpha value is -1.95. The first-order valence-corrected chi connectivity index (χ1v) is 10.4. The van der Waals surface area contributed by atoms with E-state index in [9.17, 15) is 4.79 Å². The average molecular weight is 391 g/mol. The van der Waals surface area contributed by atoms with Crippen molar-refractivity contribution in [2.45, 2.75) is 45.1 Å². The highest BCUT2D eigenvalue weighted by Crippen LogP contribution is 2.35. The highest BCUT2D eigenvalue weighted by molar-refractivity contribution is 5.76. The van der Waals surface area contributed by atoms with Gasteiger partial charge in [-0.15, -0.1) is 0 Å². The number of hydrogen-bond acceptors (Lipinski definition) is 5. The molecule has 2 fully saturated rings. The summed E-state index contributed by atoms with van der Waals surface area (Å²) in [4.78, 5) is 16.9. The van der Waals surface area contributed by atoms with Crippen molar-refractivity contribution in [3.8, 4) is 17.2 Å². The number of rotatable bonds is 8. The minimum Gasteiger partial charge on any atom is -0.496 e. The molecular formula is C22H34N2O4. The van der Waals surface area contributed by atoms with Gasteiger partial charge in [0.25, 0.3) is 0 Å². The summed E-state index contributed by atoms with van der Waals surface area (Å²) in [6, 6.07) is 3.85. The summed E-state index contributed by atoms with van der Waals surface area (Å²) < 4.78 is 16.3. The number of carbonyl (C=O) groups is 1. The summed E-state index contributed by atoms with van der Waals surface area (Å²) in [7, 11) is 4.94. The second-order valence-electron chi connectivity index (χ2n) is 7.87. The Bertz CT molecular complexity index is 650. The third-order valence-corrected chi connectivity index (χ3v) is 6.15. The first-order valence-electron chi connectivity index (χ1n) is 10.4. The molecule has 3 rings (SSSR count). The fourth-order valence-corrected chi connectivity index (χ4v) is 4.40. The predicted octanol–water partition coefficient (Wildman–Crippen LogP) is 3.33. The molecule has 0 radical (unpaired) electrons. The molecule has 1 aliphatic heterocycles. The molecule has 1 aromatic carbocycles. The maximum atomic E-state index is 12.5. The Balaban J connectivity index is 1.51. The second kappa shape index (κ2) is 10.0. The summed E-state index contributed by atoms with van der Waals surface area (Å²) in [5.41, 5.74) is 1.07. The largest absolute Gasteiger partial charge is 0.496 e. The van der Waals surface area contributed by atoms with E-state index in [0.29, 0.717) is 23.8 Å². The molecule has 1 aromatic rings. The molecule has 28 heavy (non-hydrogen) atoms. The Labute approximate surface area is 168 Å². The van der Waals surface area contributed by atoms with Crippen LogP contribution in [0.15, 0.2) is 12.1 Å². The predicted molar refractivity (Wildman–Crippen MR) is 109 cm³/mol. The van der Waals surface area contributed by atoms with Crippen LogP contribution in [0.2, 0.25) is 0 Å². The fraction of sp³-hybridized carbons (Fsp3) is 0.682. The summed E-state index contributed by atoms with van der Waals surface area (Å²) in [6.45, 7) is 4.14. The van der Waals surface area contributed by atoms with E-state index in [1.807, 2.05) is 17.0 Å². The zero-order valence-corrected chi connectivity index (χ0v) is 17.5. The van der Waals surface area contributed by atoms with E-state index in [2.05, 4.69) is 4.90 Å². The van der Waals surface area contributed by atoms with Crippen LogP contribution < -0.4 is 14.2 Å². The third-order valence-electron chi connectivity index (χ3n) is 6.15. The minimum absolute atomic E-state index is 0.329. The highest BCUT2D eigenvalue weighted by Gasteiger charge is 2.24. The monoisotopic (exact) mass is 390 g/mol.